The van der Waals surface area contributed by atoms with Gasteiger partial charge in [0.2, 0.25) is 0 Å². The van der Waals surface area contributed by atoms with E-state index in [1.54, 1.807) is 18.2 Å². The van der Waals surface area contributed by atoms with Gasteiger partial charge in [0.25, 0.3) is 0 Å². The van der Waals surface area contributed by atoms with Crippen LogP contribution in [-0.4, -0.2) is 6.98 Å². The van der Waals surface area contributed by atoms with E-state index in [1.165, 1.54) is 18.0 Å². The molecule has 1 aromatic rings. The van der Waals surface area contributed by atoms with Crippen molar-refractivity contribution in [2.45, 2.75) is 0 Å². The lowest BCUT2D eigenvalue weighted by molar-refractivity contribution is 0.504. The Morgan fingerprint density at radius 3 is 2.08 bits per heavy atom. The fraction of sp³-hybridized carbons (Fsp3) is 0. The van der Waals surface area contributed by atoms with E-state index in [1.807, 2.05) is 5.92 Å². The van der Waals surface area contributed by atoms with Gasteiger partial charge < -0.3 is 12.9 Å². The van der Waals surface area contributed by atoms with Crippen LogP contribution in [0.3, 0.4) is 0 Å². The predicted octanol–water partition coefficient (Wildman–Crippen LogP) is 2.42. The molecule has 0 bridgehead atoms. The first kappa shape index (κ1) is 8.73. The molecule has 0 atom stereocenters. The highest BCUT2D eigenvalue weighted by atomic mass is 19.4. The Labute approximate surface area is 68.5 Å². The van der Waals surface area contributed by atoms with E-state index in [0.717, 1.165) is 0 Å². The van der Waals surface area contributed by atoms with Crippen molar-refractivity contribution in [3.63, 3.8) is 0 Å². The van der Waals surface area contributed by atoms with Crippen LogP contribution >= 0.6 is 0 Å². The standard InChI is InChI=1S/C8H5BF3/c10-9(11,12)7-6-8-4-2-1-3-5-8/h1-5H/q-1. The molecule has 0 nitrogen and oxygen atoms in total. The largest absolute Gasteiger partial charge is 0.558 e. The SMILES string of the molecule is F[B-](F)(F)C#Cc1ccccc1. The molecule has 0 fully saturated rings. The van der Waals surface area contributed by atoms with E-state index in [9.17, 15) is 12.9 Å². The Kier molecular flexibility index (Phi) is 2.44. The van der Waals surface area contributed by atoms with Crippen molar-refractivity contribution < 1.29 is 12.9 Å². The zero-order chi connectivity index (χ0) is 9.03. The first-order chi connectivity index (χ1) is 5.58. The average Bonchev–Trinajstić information content (AvgIpc) is 2.02. The number of rotatable bonds is 0. The molecule has 0 aromatic heterocycles. The molecule has 0 aliphatic rings. The monoisotopic (exact) mass is 169 g/mol. The zero-order valence-corrected chi connectivity index (χ0v) is 6.10. The Morgan fingerprint density at radius 2 is 1.58 bits per heavy atom. The second-order valence-electron chi connectivity index (χ2n) is 2.21. The zero-order valence-electron chi connectivity index (χ0n) is 6.10. The molecule has 1 aromatic carbocycles. The van der Waals surface area contributed by atoms with Crippen LogP contribution in [0.5, 0.6) is 0 Å². The predicted molar refractivity (Wildman–Crippen MR) is 42.4 cm³/mol. The maximum atomic E-state index is 11.6. The Morgan fingerprint density at radius 1 is 1.00 bits per heavy atom. The van der Waals surface area contributed by atoms with Gasteiger partial charge in [0.1, 0.15) is 0 Å². The van der Waals surface area contributed by atoms with Crippen molar-refractivity contribution in [3.05, 3.63) is 35.9 Å². The lowest BCUT2D eigenvalue weighted by Gasteiger charge is -2.01. The van der Waals surface area contributed by atoms with E-state index in [-0.39, 0.29) is 0 Å². The number of halogens is 3. The maximum Gasteiger partial charge on any atom is 0.558 e. The average molecular weight is 169 g/mol. The summed E-state index contributed by atoms with van der Waals surface area (Å²) >= 11 is 0. The summed E-state index contributed by atoms with van der Waals surface area (Å²) < 4.78 is 34.9. The van der Waals surface area contributed by atoms with Crippen molar-refractivity contribution in [3.8, 4) is 11.7 Å². The van der Waals surface area contributed by atoms with Crippen LogP contribution < -0.4 is 0 Å². The number of benzene rings is 1. The van der Waals surface area contributed by atoms with Crippen molar-refractivity contribution in [2.24, 2.45) is 0 Å². The maximum absolute atomic E-state index is 11.6. The van der Waals surface area contributed by atoms with Crippen LogP contribution in [0.1, 0.15) is 5.56 Å². The molecule has 0 aliphatic heterocycles. The molecular weight excluding hydrogens is 164 g/mol. The Balaban J connectivity index is 2.81. The van der Waals surface area contributed by atoms with Gasteiger partial charge in [-0.05, 0) is 12.1 Å². The lowest BCUT2D eigenvalue weighted by Crippen LogP contribution is -2.10. The van der Waals surface area contributed by atoms with Gasteiger partial charge >= 0.3 is 6.98 Å². The fourth-order valence-electron chi connectivity index (χ4n) is 0.687. The first-order valence-corrected chi connectivity index (χ1v) is 3.35. The van der Waals surface area contributed by atoms with E-state index in [2.05, 4.69) is 0 Å². The molecule has 12 heavy (non-hydrogen) atoms. The fourth-order valence-corrected chi connectivity index (χ4v) is 0.687. The molecule has 0 saturated carbocycles. The van der Waals surface area contributed by atoms with Gasteiger partial charge in [-0.3, -0.25) is 0 Å². The smallest absolute Gasteiger partial charge is 0.438 e. The summed E-state index contributed by atoms with van der Waals surface area (Å²) in [7, 11) is 0. The summed E-state index contributed by atoms with van der Waals surface area (Å²) in [6, 6.07) is 8.09. The van der Waals surface area contributed by atoms with Crippen LogP contribution in [0.4, 0.5) is 12.9 Å². The summed E-state index contributed by atoms with van der Waals surface area (Å²) in [6.07, 6.45) is 0. The highest BCUT2D eigenvalue weighted by molar-refractivity contribution is 6.67. The van der Waals surface area contributed by atoms with Crippen LogP contribution in [0, 0.1) is 11.7 Å². The minimum atomic E-state index is -4.99. The molecule has 0 aliphatic carbocycles. The minimum Gasteiger partial charge on any atom is -0.438 e. The summed E-state index contributed by atoms with van der Waals surface area (Å²) in [6.45, 7) is -4.99. The summed E-state index contributed by atoms with van der Waals surface area (Å²) in [4.78, 5) is 0. The lowest BCUT2D eigenvalue weighted by atomic mass is 9.93. The molecule has 0 unspecified atom stereocenters. The Hall–Kier alpha value is -1.37. The van der Waals surface area contributed by atoms with Crippen molar-refractivity contribution >= 4 is 6.98 Å². The molecule has 4 heteroatoms. The van der Waals surface area contributed by atoms with Crippen LogP contribution in [-0.2, 0) is 0 Å². The second kappa shape index (κ2) is 3.35. The van der Waals surface area contributed by atoms with Crippen LogP contribution in [0.25, 0.3) is 0 Å². The van der Waals surface area contributed by atoms with Crippen molar-refractivity contribution in [1.82, 2.24) is 0 Å². The normalized spacial score (nSPS) is 10.2. The molecule has 0 heterocycles. The van der Waals surface area contributed by atoms with Crippen LogP contribution in [0.2, 0.25) is 0 Å². The first-order valence-electron chi connectivity index (χ1n) is 3.35. The van der Waals surface area contributed by atoms with Gasteiger partial charge in [0.15, 0.2) is 0 Å². The van der Waals surface area contributed by atoms with E-state index >= 15 is 0 Å². The molecular formula is C8H5BF3-. The van der Waals surface area contributed by atoms with E-state index in [0.29, 0.717) is 5.56 Å². The topological polar surface area (TPSA) is 0 Å². The molecule has 1 rings (SSSR count). The third-order valence-electron chi connectivity index (χ3n) is 1.15. The van der Waals surface area contributed by atoms with Gasteiger partial charge in [-0.15, -0.1) is 5.92 Å². The van der Waals surface area contributed by atoms with Crippen molar-refractivity contribution in [2.75, 3.05) is 0 Å². The van der Waals surface area contributed by atoms with Gasteiger partial charge in [0, 0.05) is 5.56 Å². The molecule has 0 spiro atoms. The Bertz CT molecular complexity index is 305. The van der Waals surface area contributed by atoms with E-state index < -0.39 is 6.98 Å². The van der Waals surface area contributed by atoms with Gasteiger partial charge in [-0.2, -0.15) is 5.82 Å². The summed E-state index contributed by atoms with van der Waals surface area (Å²) in [5, 5.41) is 0. The summed E-state index contributed by atoms with van der Waals surface area (Å²) in [5.41, 5.74) is 0.386. The minimum absolute atomic E-state index is 0.386. The molecule has 0 amide bonds. The third-order valence-corrected chi connectivity index (χ3v) is 1.15. The van der Waals surface area contributed by atoms with Crippen LogP contribution in [0.15, 0.2) is 30.3 Å². The highest BCUT2D eigenvalue weighted by Gasteiger charge is 2.17. The van der Waals surface area contributed by atoms with Gasteiger partial charge in [0.05, 0.1) is 0 Å². The molecule has 62 valence electrons. The van der Waals surface area contributed by atoms with E-state index in [4.69, 9.17) is 0 Å². The molecule has 0 radical (unpaired) electrons. The van der Waals surface area contributed by atoms with Gasteiger partial charge in [-0.25, -0.2) is 0 Å². The summed E-state index contributed by atoms with van der Waals surface area (Å²) in [5.74, 6) is 3.29. The number of hydrogen-bond donors (Lipinski definition) is 0. The third kappa shape index (κ3) is 3.15. The van der Waals surface area contributed by atoms with Gasteiger partial charge in [-0.1, -0.05) is 18.2 Å². The second-order valence-corrected chi connectivity index (χ2v) is 2.21. The number of hydrogen-bond acceptors (Lipinski definition) is 0. The quantitative estimate of drug-likeness (QED) is 0.413. The highest BCUT2D eigenvalue weighted by Crippen LogP contribution is 2.06. The molecule has 0 saturated heterocycles. The molecule has 0 N–H and O–H groups in total. The van der Waals surface area contributed by atoms with Crippen molar-refractivity contribution in [1.29, 1.82) is 0 Å².